The molecule has 2 rings (SSSR count). The zero-order valence-electron chi connectivity index (χ0n) is 14.0. The summed E-state index contributed by atoms with van der Waals surface area (Å²) in [5, 5.41) is 2.34. The van der Waals surface area contributed by atoms with Gasteiger partial charge >= 0.3 is 5.97 Å². The summed E-state index contributed by atoms with van der Waals surface area (Å²) >= 11 is 5.63. The summed E-state index contributed by atoms with van der Waals surface area (Å²) in [7, 11) is 0. The van der Waals surface area contributed by atoms with Crippen LogP contribution >= 0.6 is 11.6 Å². The van der Waals surface area contributed by atoms with Crippen molar-refractivity contribution in [1.29, 1.82) is 0 Å². The molecule has 1 N–H and O–H groups in total. The van der Waals surface area contributed by atoms with Crippen LogP contribution in [0.25, 0.3) is 6.08 Å². The average molecular weight is 378 g/mol. The first-order valence-corrected chi connectivity index (χ1v) is 8.19. The second-order valence-electron chi connectivity index (χ2n) is 5.09. The maximum atomic E-state index is 13.1. The predicted octanol–water partition coefficient (Wildman–Crippen LogP) is 4.07. The lowest BCUT2D eigenvalue weighted by molar-refractivity contribution is -0.142. The van der Waals surface area contributed by atoms with Crippen LogP contribution in [0.3, 0.4) is 0 Å². The van der Waals surface area contributed by atoms with Crippen LogP contribution < -0.4 is 10.1 Å². The minimum atomic E-state index is -0.677. The third-order valence-electron chi connectivity index (χ3n) is 3.17. The van der Waals surface area contributed by atoms with E-state index in [4.69, 9.17) is 21.1 Å². The quantitative estimate of drug-likeness (QED) is 0.583. The molecule has 0 aliphatic heterocycles. The zero-order valence-corrected chi connectivity index (χ0v) is 14.8. The van der Waals surface area contributed by atoms with Gasteiger partial charge in [0.2, 0.25) is 0 Å². The molecular weight excluding hydrogens is 361 g/mol. The third-order valence-corrected chi connectivity index (χ3v) is 3.46. The number of amides is 1. The van der Waals surface area contributed by atoms with Gasteiger partial charge in [-0.1, -0.05) is 29.8 Å². The lowest BCUT2D eigenvalue weighted by Crippen LogP contribution is -2.20. The highest BCUT2D eigenvalue weighted by atomic mass is 35.5. The van der Waals surface area contributed by atoms with Crippen molar-refractivity contribution < 1.29 is 23.5 Å². The minimum Gasteiger partial charge on any atom is -0.493 e. The van der Waals surface area contributed by atoms with Gasteiger partial charge in [0, 0.05) is 17.3 Å². The number of halogens is 2. The van der Waals surface area contributed by atoms with Crippen LogP contribution in [0.5, 0.6) is 5.75 Å². The molecule has 1 amide bonds. The Labute approximate surface area is 155 Å². The minimum absolute atomic E-state index is 0.115. The Balaban J connectivity index is 1.86. The number of anilines is 1. The highest BCUT2D eigenvalue weighted by Crippen LogP contribution is 2.20. The maximum Gasteiger partial charge on any atom is 0.331 e. The summed E-state index contributed by atoms with van der Waals surface area (Å²) in [6.07, 6.45) is 2.75. The number of para-hydroxylation sites is 1. The van der Waals surface area contributed by atoms with E-state index in [-0.39, 0.29) is 5.02 Å². The fourth-order valence-corrected chi connectivity index (χ4v) is 2.20. The monoisotopic (exact) mass is 377 g/mol. The first-order chi connectivity index (χ1) is 12.5. The van der Waals surface area contributed by atoms with Gasteiger partial charge in [-0.2, -0.15) is 0 Å². The number of rotatable bonds is 7. The van der Waals surface area contributed by atoms with E-state index in [0.717, 1.165) is 11.6 Å². The van der Waals surface area contributed by atoms with Crippen LogP contribution in [0.4, 0.5) is 10.1 Å². The zero-order chi connectivity index (χ0) is 18.9. The molecule has 2 aromatic carbocycles. The SMILES string of the molecule is CCOc1ccccc1/C=C/C(=O)OCC(=O)Nc1ccc(F)c(Cl)c1. The number of nitrogens with one attached hydrogen (secondary N) is 1. The molecule has 0 atom stereocenters. The van der Waals surface area contributed by atoms with E-state index in [1.54, 1.807) is 18.2 Å². The molecular formula is C19H17ClFNO4. The van der Waals surface area contributed by atoms with Crippen LogP contribution in [-0.2, 0) is 14.3 Å². The van der Waals surface area contributed by atoms with Crippen molar-refractivity contribution in [3.05, 3.63) is 64.9 Å². The fourth-order valence-electron chi connectivity index (χ4n) is 2.02. The molecule has 0 aromatic heterocycles. The second kappa shape index (κ2) is 9.58. The third kappa shape index (κ3) is 5.89. The summed E-state index contributed by atoms with van der Waals surface area (Å²) in [6.45, 7) is 1.88. The Morgan fingerprint density at radius 3 is 2.73 bits per heavy atom. The van der Waals surface area contributed by atoms with E-state index in [2.05, 4.69) is 5.32 Å². The van der Waals surface area contributed by atoms with Gasteiger partial charge in [-0.3, -0.25) is 4.79 Å². The van der Waals surface area contributed by atoms with Gasteiger partial charge in [-0.05, 0) is 37.3 Å². The van der Waals surface area contributed by atoms with Gasteiger partial charge in [-0.15, -0.1) is 0 Å². The normalized spacial score (nSPS) is 10.6. The van der Waals surface area contributed by atoms with E-state index in [0.29, 0.717) is 18.0 Å². The lowest BCUT2D eigenvalue weighted by Gasteiger charge is -2.07. The first-order valence-electron chi connectivity index (χ1n) is 7.81. The second-order valence-corrected chi connectivity index (χ2v) is 5.50. The number of hydrogen-bond acceptors (Lipinski definition) is 4. The molecule has 7 heteroatoms. The Morgan fingerprint density at radius 2 is 2.00 bits per heavy atom. The van der Waals surface area contributed by atoms with Crippen molar-refractivity contribution >= 4 is 35.2 Å². The molecule has 0 fully saturated rings. The molecule has 0 aliphatic carbocycles. The van der Waals surface area contributed by atoms with Crippen molar-refractivity contribution in [3.63, 3.8) is 0 Å². The molecule has 26 heavy (non-hydrogen) atoms. The molecule has 2 aromatic rings. The Hall–Kier alpha value is -2.86. The summed E-state index contributed by atoms with van der Waals surface area (Å²) in [6, 6.07) is 11.0. The molecule has 0 saturated heterocycles. The molecule has 0 bridgehead atoms. The van der Waals surface area contributed by atoms with Crippen LogP contribution in [0.2, 0.25) is 5.02 Å². The van der Waals surface area contributed by atoms with Crippen molar-refractivity contribution in [1.82, 2.24) is 0 Å². The standard InChI is InChI=1S/C19H17ClFNO4/c1-2-25-17-6-4-3-5-13(17)7-10-19(24)26-12-18(23)22-14-8-9-16(21)15(20)11-14/h3-11H,2,12H2,1H3,(H,22,23)/b10-7+. The van der Waals surface area contributed by atoms with Crippen molar-refractivity contribution in [3.8, 4) is 5.75 Å². The van der Waals surface area contributed by atoms with E-state index in [9.17, 15) is 14.0 Å². The molecule has 0 spiro atoms. The summed E-state index contributed by atoms with van der Waals surface area (Å²) in [5.41, 5.74) is 1.02. The number of benzene rings is 2. The van der Waals surface area contributed by atoms with Gasteiger partial charge in [0.1, 0.15) is 11.6 Å². The summed E-state index contributed by atoms with van der Waals surface area (Å²) in [5.74, 6) is -1.19. The number of hydrogen-bond donors (Lipinski definition) is 1. The molecule has 5 nitrogen and oxygen atoms in total. The largest absolute Gasteiger partial charge is 0.493 e. The summed E-state index contributed by atoms with van der Waals surface area (Å²) in [4.78, 5) is 23.5. The maximum absolute atomic E-state index is 13.1. The van der Waals surface area contributed by atoms with Gasteiger partial charge in [-0.25, -0.2) is 9.18 Å². The van der Waals surface area contributed by atoms with Crippen LogP contribution in [0.1, 0.15) is 12.5 Å². The van der Waals surface area contributed by atoms with Crippen LogP contribution in [0.15, 0.2) is 48.5 Å². The van der Waals surface area contributed by atoms with Crippen molar-refractivity contribution in [2.75, 3.05) is 18.5 Å². The van der Waals surface area contributed by atoms with Crippen LogP contribution in [0, 0.1) is 5.82 Å². The molecule has 0 saturated carbocycles. The van der Waals surface area contributed by atoms with Crippen molar-refractivity contribution in [2.24, 2.45) is 0 Å². The molecule has 0 aliphatic rings. The predicted molar refractivity (Wildman–Crippen MR) is 97.6 cm³/mol. The van der Waals surface area contributed by atoms with Gasteiger partial charge in [0.15, 0.2) is 6.61 Å². The Bertz CT molecular complexity index is 823. The Kier molecular flexibility index (Phi) is 7.17. The lowest BCUT2D eigenvalue weighted by atomic mass is 10.2. The van der Waals surface area contributed by atoms with Gasteiger partial charge in [0.25, 0.3) is 5.91 Å². The smallest absolute Gasteiger partial charge is 0.331 e. The van der Waals surface area contributed by atoms with E-state index >= 15 is 0 Å². The molecule has 0 unspecified atom stereocenters. The average Bonchev–Trinajstić information content (AvgIpc) is 2.62. The highest BCUT2D eigenvalue weighted by Gasteiger charge is 2.08. The van der Waals surface area contributed by atoms with E-state index in [1.165, 1.54) is 18.2 Å². The number of ether oxygens (including phenoxy) is 2. The van der Waals surface area contributed by atoms with Crippen molar-refractivity contribution in [2.45, 2.75) is 6.92 Å². The van der Waals surface area contributed by atoms with Crippen LogP contribution in [-0.4, -0.2) is 25.1 Å². The Morgan fingerprint density at radius 1 is 1.23 bits per heavy atom. The number of carbonyl (C=O) groups excluding carboxylic acids is 2. The first kappa shape index (κ1) is 19.5. The van der Waals surface area contributed by atoms with Gasteiger partial charge in [0.05, 0.1) is 11.6 Å². The topological polar surface area (TPSA) is 64.6 Å². The molecule has 0 heterocycles. The number of esters is 1. The highest BCUT2D eigenvalue weighted by molar-refractivity contribution is 6.31. The number of carbonyl (C=O) groups is 2. The summed E-state index contributed by atoms with van der Waals surface area (Å²) < 4.78 is 23.4. The van der Waals surface area contributed by atoms with E-state index in [1.807, 2.05) is 19.1 Å². The fraction of sp³-hybridized carbons (Fsp3) is 0.158. The van der Waals surface area contributed by atoms with E-state index < -0.39 is 24.3 Å². The molecule has 136 valence electrons. The van der Waals surface area contributed by atoms with Gasteiger partial charge < -0.3 is 14.8 Å². The molecule has 0 radical (unpaired) electrons.